The minimum absolute atomic E-state index is 0.0678. The maximum Gasteiger partial charge on any atom is 0.251 e. The van der Waals surface area contributed by atoms with E-state index in [1.165, 1.54) is 23.5 Å². The average molecular weight is 417 g/mol. The zero-order valence-electron chi connectivity index (χ0n) is 15.0. The van der Waals surface area contributed by atoms with Crippen LogP contribution in [0.3, 0.4) is 0 Å². The zero-order valence-corrected chi connectivity index (χ0v) is 16.7. The highest BCUT2D eigenvalue weighted by Gasteiger charge is 2.10. The van der Waals surface area contributed by atoms with Gasteiger partial charge in [-0.15, -0.1) is 10.2 Å². The van der Waals surface area contributed by atoms with Crippen molar-refractivity contribution < 1.29 is 13.2 Å². The number of nitrogens with two attached hydrogens (primary N) is 1. The molecule has 3 aromatic rings. The maximum atomic E-state index is 11.9. The molecule has 7 nitrogen and oxygen atoms in total. The van der Waals surface area contributed by atoms with Crippen molar-refractivity contribution in [3.8, 4) is 10.6 Å². The molecule has 1 amide bonds. The highest BCUT2D eigenvalue weighted by atomic mass is 32.2. The van der Waals surface area contributed by atoms with Crippen LogP contribution in [0.25, 0.3) is 10.6 Å². The van der Waals surface area contributed by atoms with E-state index in [2.05, 4.69) is 15.5 Å². The number of aryl methyl sites for hydroxylation is 1. The Hall–Kier alpha value is -2.62. The van der Waals surface area contributed by atoms with Gasteiger partial charge in [0.1, 0.15) is 10.0 Å². The molecule has 2 aromatic carbocycles. The number of aromatic nitrogens is 2. The molecule has 0 saturated carbocycles. The van der Waals surface area contributed by atoms with Crippen molar-refractivity contribution in [3.05, 3.63) is 65.2 Å². The first-order valence-corrected chi connectivity index (χ1v) is 11.1. The van der Waals surface area contributed by atoms with E-state index in [0.29, 0.717) is 12.1 Å². The van der Waals surface area contributed by atoms with Crippen LogP contribution in [-0.2, 0) is 16.4 Å². The fraction of sp³-hybridized carbons (Fsp3) is 0.211. The summed E-state index contributed by atoms with van der Waals surface area (Å²) < 4.78 is 22.6. The molecular formula is C19H20N4O3S2. The number of nitrogens with one attached hydrogen (secondary N) is 1. The van der Waals surface area contributed by atoms with Gasteiger partial charge in [-0.1, -0.05) is 41.7 Å². The Morgan fingerprint density at radius 2 is 1.71 bits per heavy atom. The quantitative estimate of drug-likeness (QED) is 0.548. The van der Waals surface area contributed by atoms with Crippen LogP contribution in [0.5, 0.6) is 0 Å². The molecule has 0 atom stereocenters. The monoisotopic (exact) mass is 416 g/mol. The molecule has 0 aliphatic heterocycles. The molecular weight excluding hydrogens is 396 g/mol. The van der Waals surface area contributed by atoms with Gasteiger partial charge in [-0.25, -0.2) is 13.6 Å². The molecule has 146 valence electrons. The number of rotatable bonds is 8. The van der Waals surface area contributed by atoms with Gasteiger partial charge in [-0.05, 0) is 37.1 Å². The molecule has 1 heterocycles. The van der Waals surface area contributed by atoms with Crippen LogP contribution < -0.4 is 10.5 Å². The third-order valence-electron chi connectivity index (χ3n) is 4.04. The lowest BCUT2D eigenvalue weighted by molar-refractivity contribution is 0.0953. The van der Waals surface area contributed by atoms with Crippen LogP contribution in [0.4, 0.5) is 0 Å². The van der Waals surface area contributed by atoms with Gasteiger partial charge >= 0.3 is 0 Å². The first-order valence-electron chi connectivity index (χ1n) is 8.72. The topological polar surface area (TPSA) is 115 Å². The van der Waals surface area contributed by atoms with Gasteiger partial charge < -0.3 is 5.32 Å². The molecule has 28 heavy (non-hydrogen) atoms. The molecule has 0 aliphatic rings. The van der Waals surface area contributed by atoms with Crippen LogP contribution in [-0.4, -0.2) is 31.1 Å². The molecule has 0 aliphatic carbocycles. The minimum atomic E-state index is -3.70. The third kappa shape index (κ3) is 5.44. The molecule has 0 saturated heterocycles. The number of carbonyl (C=O) groups excluding carboxylic acids is 1. The molecule has 0 fully saturated rings. The van der Waals surface area contributed by atoms with E-state index in [1.54, 1.807) is 24.3 Å². The Kier molecular flexibility index (Phi) is 6.50. The molecule has 9 heteroatoms. The van der Waals surface area contributed by atoms with E-state index < -0.39 is 10.0 Å². The van der Waals surface area contributed by atoms with Crippen molar-refractivity contribution in [1.82, 2.24) is 15.5 Å². The predicted molar refractivity (Wildman–Crippen MR) is 108 cm³/mol. The van der Waals surface area contributed by atoms with Crippen molar-refractivity contribution >= 4 is 27.3 Å². The van der Waals surface area contributed by atoms with Gasteiger partial charge in [0.05, 0.1) is 4.90 Å². The fourth-order valence-electron chi connectivity index (χ4n) is 2.55. The number of hydrogen-bond acceptors (Lipinski definition) is 6. The second-order valence-electron chi connectivity index (χ2n) is 6.15. The normalized spacial score (nSPS) is 11.3. The van der Waals surface area contributed by atoms with Crippen molar-refractivity contribution in [3.63, 3.8) is 0 Å². The molecule has 0 bridgehead atoms. The summed E-state index contributed by atoms with van der Waals surface area (Å²) in [6.07, 6.45) is 2.50. The summed E-state index contributed by atoms with van der Waals surface area (Å²) >= 11 is 1.47. The Balaban J connectivity index is 1.45. The Labute approximate surface area is 167 Å². The lowest BCUT2D eigenvalue weighted by Gasteiger charge is -2.04. The third-order valence-corrected chi connectivity index (χ3v) is 6.00. The summed E-state index contributed by atoms with van der Waals surface area (Å²) in [5.74, 6) is -0.0678. The van der Waals surface area contributed by atoms with Crippen LogP contribution >= 0.6 is 11.3 Å². The standard InChI is InChI=1S/C19H20N4O3S2/c20-28(25,26)16-11-9-15(10-12-16)19-23-22-17(27-19)8-4-5-13-21-18(24)14-6-2-1-3-7-14/h1-3,6-7,9-12H,4-5,8,13H2,(H,21,24)(H2,20,25,26). The first kappa shape index (κ1) is 20.1. The van der Waals surface area contributed by atoms with Crippen LogP contribution in [0.2, 0.25) is 0 Å². The van der Waals surface area contributed by atoms with Gasteiger partial charge in [0.15, 0.2) is 0 Å². The van der Waals surface area contributed by atoms with Crippen LogP contribution in [0.15, 0.2) is 59.5 Å². The SMILES string of the molecule is NS(=O)(=O)c1ccc(-c2nnc(CCCCNC(=O)c3ccccc3)s2)cc1. The van der Waals surface area contributed by atoms with Crippen molar-refractivity contribution in [2.75, 3.05) is 6.54 Å². The number of hydrogen-bond donors (Lipinski definition) is 2. The lowest BCUT2D eigenvalue weighted by atomic mass is 10.2. The van der Waals surface area contributed by atoms with E-state index in [4.69, 9.17) is 5.14 Å². The minimum Gasteiger partial charge on any atom is -0.352 e. The van der Waals surface area contributed by atoms with E-state index in [9.17, 15) is 13.2 Å². The number of primary sulfonamides is 1. The van der Waals surface area contributed by atoms with E-state index >= 15 is 0 Å². The molecule has 0 radical (unpaired) electrons. The van der Waals surface area contributed by atoms with Gasteiger partial charge in [-0.3, -0.25) is 4.79 Å². The maximum absolute atomic E-state index is 11.9. The number of amides is 1. The molecule has 0 unspecified atom stereocenters. The molecule has 3 N–H and O–H groups in total. The second-order valence-corrected chi connectivity index (χ2v) is 8.77. The van der Waals surface area contributed by atoms with Crippen molar-refractivity contribution in [2.24, 2.45) is 5.14 Å². The molecule has 1 aromatic heterocycles. The van der Waals surface area contributed by atoms with Gasteiger partial charge in [0.25, 0.3) is 5.91 Å². The fourth-order valence-corrected chi connectivity index (χ4v) is 3.96. The van der Waals surface area contributed by atoms with E-state index in [1.807, 2.05) is 18.2 Å². The van der Waals surface area contributed by atoms with Gasteiger partial charge in [0.2, 0.25) is 10.0 Å². The summed E-state index contributed by atoms with van der Waals surface area (Å²) in [5.41, 5.74) is 1.45. The number of unbranched alkanes of at least 4 members (excludes halogenated alkanes) is 1. The summed E-state index contributed by atoms with van der Waals surface area (Å²) in [7, 11) is -3.70. The van der Waals surface area contributed by atoms with Crippen LogP contribution in [0, 0.1) is 0 Å². The predicted octanol–water partition coefficient (Wildman–Crippen LogP) is 2.61. The number of sulfonamides is 1. The summed E-state index contributed by atoms with van der Waals surface area (Å²) in [6, 6.07) is 15.4. The lowest BCUT2D eigenvalue weighted by Crippen LogP contribution is -2.24. The zero-order chi connectivity index (χ0) is 20.0. The van der Waals surface area contributed by atoms with E-state index in [-0.39, 0.29) is 10.8 Å². The Morgan fingerprint density at radius 3 is 2.39 bits per heavy atom. The molecule has 3 rings (SSSR count). The van der Waals surface area contributed by atoms with Crippen molar-refractivity contribution in [2.45, 2.75) is 24.2 Å². The highest BCUT2D eigenvalue weighted by Crippen LogP contribution is 2.25. The van der Waals surface area contributed by atoms with Gasteiger partial charge in [-0.2, -0.15) is 0 Å². The van der Waals surface area contributed by atoms with Crippen molar-refractivity contribution in [1.29, 1.82) is 0 Å². The summed E-state index contributed by atoms with van der Waals surface area (Å²) in [4.78, 5) is 12.0. The number of nitrogens with zero attached hydrogens (tertiary/aromatic N) is 2. The smallest absolute Gasteiger partial charge is 0.251 e. The highest BCUT2D eigenvalue weighted by molar-refractivity contribution is 7.89. The van der Waals surface area contributed by atoms with E-state index in [0.717, 1.165) is 34.8 Å². The Bertz CT molecular complexity index is 1030. The van der Waals surface area contributed by atoms with Crippen LogP contribution in [0.1, 0.15) is 28.2 Å². The van der Waals surface area contributed by atoms with Gasteiger partial charge in [0, 0.05) is 24.1 Å². The Morgan fingerprint density at radius 1 is 1.00 bits per heavy atom. The number of benzene rings is 2. The average Bonchev–Trinajstić information content (AvgIpc) is 3.16. The molecule has 0 spiro atoms. The first-order chi connectivity index (χ1) is 13.4. The largest absolute Gasteiger partial charge is 0.352 e. The summed E-state index contributed by atoms with van der Waals surface area (Å²) in [5, 5.41) is 18.0. The number of carbonyl (C=O) groups is 1. The summed E-state index contributed by atoms with van der Waals surface area (Å²) in [6.45, 7) is 0.606. The second kappa shape index (κ2) is 9.05.